The normalized spacial score (nSPS) is 12.7. The number of nitrogens with one attached hydrogen (secondary N) is 1. The summed E-state index contributed by atoms with van der Waals surface area (Å²) in [4.78, 5) is 31.3. The van der Waals surface area contributed by atoms with Gasteiger partial charge in [0.2, 0.25) is 17.7 Å². The standard InChI is InChI=1S/C13H19N3O4/c1-7-6-8(20-5)15-12(14-7)16-10(17)9(11(18)19)13(2,3)4/h6,9H,1-5H3,(H,18,19)(H,14,15,16,17). The maximum atomic E-state index is 12.1. The minimum absolute atomic E-state index is 0.0300. The number of ether oxygens (including phenoxy) is 1. The van der Waals surface area contributed by atoms with Gasteiger partial charge >= 0.3 is 5.97 Å². The number of carboxylic acid groups (broad SMARTS) is 1. The average molecular weight is 281 g/mol. The van der Waals surface area contributed by atoms with Crippen molar-refractivity contribution >= 4 is 17.8 Å². The van der Waals surface area contributed by atoms with Gasteiger partial charge in [-0.15, -0.1) is 0 Å². The molecule has 1 aromatic rings. The van der Waals surface area contributed by atoms with Crippen molar-refractivity contribution in [3.63, 3.8) is 0 Å². The molecule has 0 aliphatic heterocycles. The molecule has 7 nitrogen and oxygen atoms in total. The highest BCUT2D eigenvalue weighted by Gasteiger charge is 2.38. The topological polar surface area (TPSA) is 101 Å². The van der Waals surface area contributed by atoms with Crippen LogP contribution in [0.3, 0.4) is 0 Å². The van der Waals surface area contributed by atoms with E-state index in [1.165, 1.54) is 7.11 Å². The number of carbonyl (C=O) groups is 2. The number of aliphatic carboxylic acids is 1. The number of hydrogen-bond donors (Lipinski definition) is 2. The predicted octanol–water partition coefficient (Wildman–Crippen LogP) is 1.48. The smallest absolute Gasteiger partial charge is 0.316 e. The maximum Gasteiger partial charge on any atom is 0.316 e. The maximum absolute atomic E-state index is 12.1. The molecule has 110 valence electrons. The van der Waals surface area contributed by atoms with Gasteiger partial charge in [-0.1, -0.05) is 20.8 Å². The van der Waals surface area contributed by atoms with Crippen LogP contribution in [0.4, 0.5) is 5.95 Å². The predicted molar refractivity (Wildman–Crippen MR) is 72.5 cm³/mol. The minimum atomic E-state index is -1.20. The van der Waals surface area contributed by atoms with Gasteiger partial charge in [0.15, 0.2) is 0 Å². The molecule has 1 heterocycles. The number of carboxylic acids is 1. The molecule has 0 aromatic carbocycles. The zero-order valence-corrected chi connectivity index (χ0v) is 12.2. The Morgan fingerprint density at radius 3 is 2.40 bits per heavy atom. The van der Waals surface area contributed by atoms with Crippen LogP contribution in [0, 0.1) is 18.3 Å². The average Bonchev–Trinajstić information content (AvgIpc) is 2.24. The number of aryl methyl sites for hydroxylation is 1. The van der Waals surface area contributed by atoms with E-state index in [1.807, 2.05) is 0 Å². The van der Waals surface area contributed by atoms with Crippen molar-refractivity contribution in [2.24, 2.45) is 11.3 Å². The summed E-state index contributed by atoms with van der Waals surface area (Å²) in [6.45, 7) is 6.77. The fourth-order valence-corrected chi connectivity index (χ4v) is 1.76. The highest BCUT2D eigenvalue weighted by atomic mass is 16.5. The molecule has 0 saturated carbocycles. The van der Waals surface area contributed by atoms with E-state index in [0.717, 1.165) is 0 Å². The van der Waals surface area contributed by atoms with Crippen molar-refractivity contribution in [2.75, 3.05) is 12.4 Å². The SMILES string of the molecule is COc1cc(C)nc(NC(=O)C(C(=O)O)C(C)(C)C)n1. The van der Waals surface area contributed by atoms with E-state index in [9.17, 15) is 14.7 Å². The third-order valence-corrected chi connectivity index (χ3v) is 2.65. The molecule has 0 radical (unpaired) electrons. The van der Waals surface area contributed by atoms with Crippen LogP contribution in [0.1, 0.15) is 26.5 Å². The monoisotopic (exact) mass is 281 g/mol. The highest BCUT2D eigenvalue weighted by molar-refractivity contribution is 6.04. The van der Waals surface area contributed by atoms with E-state index in [4.69, 9.17) is 4.74 Å². The van der Waals surface area contributed by atoms with Gasteiger partial charge in [-0.2, -0.15) is 4.98 Å². The summed E-state index contributed by atoms with van der Waals surface area (Å²) in [6.07, 6.45) is 0. The second-order valence-electron chi connectivity index (χ2n) is 5.50. The van der Waals surface area contributed by atoms with Gasteiger partial charge in [-0.3, -0.25) is 14.9 Å². The molecule has 2 N–H and O–H groups in total. The summed E-state index contributed by atoms with van der Waals surface area (Å²) in [5, 5.41) is 11.6. The molecule has 0 aliphatic carbocycles. The van der Waals surface area contributed by atoms with Crippen LogP contribution >= 0.6 is 0 Å². The van der Waals surface area contributed by atoms with Crippen LogP contribution < -0.4 is 10.1 Å². The van der Waals surface area contributed by atoms with Crippen molar-refractivity contribution in [2.45, 2.75) is 27.7 Å². The van der Waals surface area contributed by atoms with Crippen molar-refractivity contribution in [3.8, 4) is 5.88 Å². The molecule has 1 rings (SSSR count). The van der Waals surface area contributed by atoms with Crippen LogP contribution in [-0.2, 0) is 9.59 Å². The third kappa shape index (κ3) is 3.91. The van der Waals surface area contributed by atoms with Gasteiger partial charge in [0.1, 0.15) is 5.92 Å². The molecule has 0 aliphatic rings. The number of aromatic nitrogens is 2. The van der Waals surface area contributed by atoms with E-state index in [2.05, 4.69) is 15.3 Å². The van der Waals surface area contributed by atoms with E-state index < -0.39 is 23.2 Å². The van der Waals surface area contributed by atoms with Crippen LogP contribution in [0.25, 0.3) is 0 Å². The van der Waals surface area contributed by atoms with Crippen LogP contribution in [-0.4, -0.2) is 34.1 Å². The number of hydrogen-bond acceptors (Lipinski definition) is 5. The Balaban J connectivity index is 3.00. The summed E-state index contributed by atoms with van der Waals surface area (Å²) in [5.74, 6) is -2.71. The van der Waals surface area contributed by atoms with Gasteiger partial charge in [0.05, 0.1) is 7.11 Å². The van der Waals surface area contributed by atoms with Crippen molar-refractivity contribution < 1.29 is 19.4 Å². The number of amides is 1. The lowest BCUT2D eigenvalue weighted by Gasteiger charge is -2.25. The largest absolute Gasteiger partial charge is 0.481 e. The van der Waals surface area contributed by atoms with Gasteiger partial charge in [0.25, 0.3) is 0 Å². The first-order valence-electron chi connectivity index (χ1n) is 6.08. The summed E-state index contributed by atoms with van der Waals surface area (Å²) in [6, 6.07) is 1.61. The Kier molecular flexibility index (Phi) is 4.65. The van der Waals surface area contributed by atoms with Crippen molar-refractivity contribution in [1.82, 2.24) is 9.97 Å². The number of anilines is 1. The zero-order chi connectivity index (χ0) is 15.5. The summed E-state index contributed by atoms with van der Waals surface area (Å²) in [5.41, 5.74) is -0.112. The lowest BCUT2D eigenvalue weighted by Crippen LogP contribution is -2.39. The number of carbonyl (C=O) groups excluding carboxylic acids is 1. The third-order valence-electron chi connectivity index (χ3n) is 2.65. The Labute approximate surface area is 117 Å². The number of nitrogens with zero attached hydrogens (tertiary/aromatic N) is 2. The second kappa shape index (κ2) is 5.85. The van der Waals surface area contributed by atoms with E-state index >= 15 is 0 Å². The summed E-state index contributed by atoms with van der Waals surface area (Å²) in [7, 11) is 1.45. The lowest BCUT2D eigenvalue weighted by atomic mass is 9.80. The second-order valence-corrected chi connectivity index (χ2v) is 5.50. The van der Waals surface area contributed by atoms with Gasteiger partial charge in [0, 0.05) is 11.8 Å². The highest BCUT2D eigenvalue weighted by Crippen LogP contribution is 2.27. The Hall–Kier alpha value is -2.18. The molecule has 1 atom stereocenters. The molecule has 0 bridgehead atoms. The molecule has 1 aromatic heterocycles. The van der Waals surface area contributed by atoms with Gasteiger partial charge in [-0.05, 0) is 12.3 Å². The molecule has 0 saturated heterocycles. The number of rotatable bonds is 4. The fraction of sp³-hybridized carbons (Fsp3) is 0.538. The van der Waals surface area contributed by atoms with Crippen molar-refractivity contribution in [3.05, 3.63) is 11.8 Å². The molecule has 20 heavy (non-hydrogen) atoms. The first-order valence-corrected chi connectivity index (χ1v) is 6.08. The first-order chi connectivity index (χ1) is 9.15. The quantitative estimate of drug-likeness (QED) is 0.810. The zero-order valence-electron chi connectivity index (χ0n) is 12.2. The van der Waals surface area contributed by atoms with E-state index in [0.29, 0.717) is 11.6 Å². The minimum Gasteiger partial charge on any atom is -0.481 e. The Bertz CT molecular complexity index is 523. The molecule has 0 spiro atoms. The van der Waals surface area contributed by atoms with Crippen LogP contribution in [0.15, 0.2) is 6.07 Å². The number of methoxy groups -OCH3 is 1. The fourth-order valence-electron chi connectivity index (χ4n) is 1.76. The molecule has 0 fully saturated rings. The lowest BCUT2D eigenvalue weighted by molar-refractivity contribution is -0.149. The molecule has 1 unspecified atom stereocenters. The van der Waals surface area contributed by atoms with Crippen LogP contribution in [0.5, 0.6) is 5.88 Å². The molecule has 7 heteroatoms. The van der Waals surface area contributed by atoms with Gasteiger partial charge in [-0.25, -0.2) is 4.98 Å². The van der Waals surface area contributed by atoms with Crippen molar-refractivity contribution in [1.29, 1.82) is 0 Å². The van der Waals surface area contributed by atoms with Crippen LogP contribution in [0.2, 0.25) is 0 Å². The van der Waals surface area contributed by atoms with E-state index in [-0.39, 0.29) is 5.95 Å². The summed E-state index contributed by atoms with van der Waals surface area (Å²) < 4.78 is 4.97. The Morgan fingerprint density at radius 2 is 1.95 bits per heavy atom. The first kappa shape index (κ1) is 15.9. The molecular weight excluding hydrogens is 262 g/mol. The molecular formula is C13H19N3O4. The molecule has 1 amide bonds. The van der Waals surface area contributed by atoms with Gasteiger partial charge < -0.3 is 9.84 Å². The van der Waals surface area contributed by atoms with E-state index in [1.54, 1.807) is 33.8 Å². The Morgan fingerprint density at radius 1 is 1.35 bits per heavy atom. The summed E-state index contributed by atoms with van der Waals surface area (Å²) >= 11 is 0.